The van der Waals surface area contributed by atoms with Gasteiger partial charge in [0.05, 0.1) is 0 Å². The van der Waals surface area contributed by atoms with Crippen molar-refractivity contribution in [2.45, 2.75) is 77.3 Å². The Balaban J connectivity index is 1.74. The highest BCUT2D eigenvalue weighted by Gasteiger charge is 2.28. The minimum absolute atomic E-state index is 0.767. The summed E-state index contributed by atoms with van der Waals surface area (Å²) in [6.45, 7) is 12.3. The summed E-state index contributed by atoms with van der Waals surface area (Å²) in [7, 11) is 0. The highest BCUT2D eigenvalue weighted by molar-refractivity contribution is 4.85. The number of likely N-dealkylation sites (tertiary alicyclic amines) is 2. The third-order valence-electron chi connectivity index (χ3n) is 5.35. The lowest BCUT2D eigenvalue weighted by molar-refractivity contribution is 0.0693. The summed E-state index contributed by atoms with van der Waals surface area (Å²) in [6.07, 6.45) is 11.0. The van der Waals surface area contributed by atoms with Crippen molar-refractivity contribution in [3.05, 3.63) is 0 Å². The number of hydrogen-bond donors (Lipinski definition) is 1. The van der Waals surface area contributed by atoms with E-state index in [1.165, 1.54) is 90.6 Å². The van der Waals surface area contributed by atoms with Crippen molar-refractivity contribution in [3.63, 3.8) is 0 Å². The fourth-order valence-corrected chi connectivity index (χ4v) is 4.09. The molecule has 0 aromatic heterocycles. The first-order chi connectivity index (χ1) is 10.3. The van der Waals surface area contributed by atoms with Crippen LogP contribution in [0.25, 0.3) is 0 Å². The SMILES string of the molecule is CCCNCC(CCC)N1CCC(N2CCCCC2)CC1. The molecule has 1 unspecified atom stereocenters. The van der Waals surface area contributed by atoms with Crippen LogP contribution in [0, 0.1) is 0 Å². The Hall–Kier alpha value is -0.120. The summed E-state index contributed by atoms with van der Waals surface area (Å²) in [5.74, 6) is 0. The van der Waals surface area contributed by atoms with Crippen LogP contribution >= 0.6 is 0 Å². The molecule has 0 radical (unpaired) electrons. The van der Waals surface area contributed by atoms with Gasteiger partial charge in [-0.1, -0.05) is 26.7 Å². The molecule has 0 aliphatic carbocycles. The van der Waals surface area contributed by atoms with Gasteiger partial charge in [0, 0.05) is 18.6 Å². The van der Waals surface area contributed by atoms with Crippen molar-refractivity contribution in [2.75, 3.05) is 39.3 Å². The Morgan fingerprint density at radius 2 is 1.67 bits per heavy atom. The van der Waals surface area contributed by atoms with Gasteiger partial charge in [-0.25, -0.2) is 0 Å². The molecule has 2 saturated heterocycles. The molecule has 124 valence electrons. The Bertz CT molecular complexity index is 255. The average Bonchev–Trinajstić information content (AvgIpc) is 2.55. The zero-order valence-corrected chi connectivity index (χ0v) is 14.4. The maximum absolute atomic E-state index is 3.64. The largest absolute Gasteiger partial charge is 0.315 e. The first kappa shape index (κ1) is 17.2. The van der Waals surface area contributed by atoms with Gasteiger partial charge in [-0.2, -0.15) is 0 Å². The molecule has 2 aliphatic heterocycles. The zero-order chi connectivity index (χ0) is 14.9. The van der Waals surface area contributed by atoms with Crippen LogP contribution in [0.3, 0.4) is 0 Å². The molecule has 0 aromatic rings. The predicted octanol–water partition coefficient (Wildman–Crippen LogP) is 3.11. The maximum atomic E-state index is 3.64. The second-order valence-corrected chi connectivity index (χ2v) is 7.01. The second-order valence-electron chi connectivity index (χ2n) is 7.01. The van der Waals surface area contributed by atoms with Gasteiger partial charge in [0.1, 0.15) is 0 Å². The van der Waals surface area contributed by atoms with Crippen LogP contribution in [-0.4, -0.2) is 61.2 Å². The first-order valence-corrected chi connectivity index (χ1v) is 9.54. The monoisotopic (exact) mass is 295 g/mol. The average molecular weight is 296 g/mol. The standard InChI is InChI=1S/C18H37N3/c1-3-8-18(16-19-11-4-2)21-14-9-17(10-15-21)20-12-6-5-7-13-20/h17-19H,3-16H2,1-2H3. The summed E-state index contributed by atoms with van der Waals surface area (Å²) < 4.78 is 0. The normalized spacial score (nSPS) is 24.3. The first-order valence-electron chi connectivity index (χ1n) is 9.54. The molecule has 0 aromatic carbocycles. The second kappa shape index (κ2) is 9.81. The Kier molecular flexibility index (Phi) is 8.05. The van der Waals surface area contributed by atoms with E-state index in [9.17, 15) is 0 Å². The highest BCUT2D eigenvalue weighted by Crippen LogP contribution is 2.22. The predicted molar refractivity (Wildman–Crippen MR) is 91.9 cm³/mol. The fourth-order valence-electron chi connectivity index (χ4n) is 4.09. The molecule has 3 heteroatoms. The van der Waals surface area contributed by atoms with Crippen molar-refractivity contribution >= 4 is 0 Å². The van der Waals surface area contributed by atoms with E-state index in [4.69, 9.17) is 0 Å². The van der Waals surface area contributed by atoms with Crippen molar-refractivity contribution in [1.82, 2.24) is 15.1 Å². The summed E-state index contributed by atoms with van der Waals surface area (Å²) in [4.78, 5) is 5.55. The van der Waals surface area contributed by atoms with E-state index in [1.54, 1.807) is 0 Å². The van der Waals surface area contributed by atoms with Gasteiger partial charge >= 0.3 is 0 Å². The molecule has 0 amide bonds. The molecule has 2 aliphatic rings. The number of piperidine rings is 2. The Labute approximate surface area is 132 Å². The zero-order valence-electron chi connectivity index (χ0n) is 14.4. The Morgan fingerprint density at radius 1 is 0.952 bits per heavy atom. The van der Waals surface area contributed by atoms with Crippen LogP contribution in [-0.2, 0) is 0 Å². The van der Waals surface area contributed by atoms with Crippen LogP contribution in [0.2, 0.25) is 0 Å². The van der Waals surface area contributed by atoms with E-state index in [0.29, 0.717) is 0 Å². The summed E-state index contributed by atoms with van der Waals surface area (Å²) in [5.41, 5.74) is 0. The lowest BCUT2D eigenvalue weighted by Gasteiger charge is -2.42. The van der Waals surface area contributed by atoms with E-state index in [-0.39, 0.29) is 0 Å². The van der Waals surface area contributed by atoms with Gasteiger partial charge in [-0.05, 0) is 71.2 Å². The van der Waals surface area contributed by atoms with Crippen molar-refractivity contribution in [1.29, 1.82) is 0 Å². The third kappa shape index (κ3) is 5.54. The van der Waals surface area contributed by atoms with Crippen molar-refractivity contribution in [3.8, 4) is 0 Å². The molecule has 0 saturated carbocycles. The third-order valence-corrected chi connectivity index (χ3v) is 5.35. The molecule has 2 rings (SSSR count). The lowest BCUT2D eigenvalue weighted by atomic mass is 9.97. The van der Waals surface area contributed by atoms with Crippen LogP contribution in [0.4, 0.5) is 0 Å². The summed E-state index contributed by atoms with van der Waals surface area (Å²) >= 11 is 0. The minimum atomic E-state index is 0.767. The molecule has 3 nitrogen and oxygen atoms in total. The van der Waals surface area contributed by atoms with Crippen molar-refractivity contribution < 1.29 is 0 Å². The molecule has 21 heavy (non-hydrogen) atoms. The topological polar surface area (TPSA) is 18.5 Å². The van der Waals surface area contributed by atoms with E-state index in [0.717, 1.165) is 12.1 Å². The van der Waals surface area contributed by atoms with E-state index < -0.39 is 0 Å². The van der Waals surface area contributed by atoms with E-state index in [2.05, 4.69) is 29.0 Å². The molecular weight excluding hydrogens is 258 g/mol. The summed E-state index contributed by atoms with van der Waals surface area (Å²) in [6, 6.07) is 1.65. The molecule has 2 heterocycles. The highest BCUT2D eigenvalue weighted by atomic mass is 15.2. The van der Waals surface area contributed by atoms with E-state index in [1.807, 2.05) is 0 Å². The number of nitrogens with zero attached hydrogens (tertiary/aromatic N) is 2. The quantitative estimate of drug-likeness (QED) is 0.694. The van der Waals surface area contributed by atoms with Crippen LogP contribution in [0.1, 0.15) is 65.2 Å². The maximum Gasteiger partial charge on any atom is 0.0220 e. The minimum Gasteiger partial charge on any atom is -0.315 e. The molecule has 0 bridgehead atoms. The van der Waals surface area contributed by atoms with Gasteiger partial charge in [0.25, 0.3) is 0 Å². The molecule has 1 atom stereocenters. The summed E-state index contributed by atoms with van der Waals surface area (Å²) in [5, 5.41) is 3.64. The number of nitrogens with one attached hydrogen (secondary N) is 1. The molecule has 0 spiro atoms. The molecule has 1 N–H and O–H groups in total. The van der Waals surface area contributed by atoms with Crippen LogP contribution in [0.5, 0.6) is 0 Å². The van der Waals surface area contributed by atoms with Gasteiger partial charge in [0.2, 0.25) is 0 Å². The fraction of sp³-hybridized carbons (Fsp3) is 1.00. The lowest BCUT2D eigenvalue weighted by Crippen LogP contribution is -2.51. The van der Waals surface area contributed by atoms with Crippen molar-refractivity contribution in [2.24, 2.45) is 0 Å². The van der Waals surface area contributed by atoms with Gasteiger partial charge in [-0.15, -0.1) is 0 Å². The molecule has 2 fully saturated rings. The number of hydrogen-bond acceptors (Lipinski definition) is 3. The smallest absolute Gasteiger partial charge is 0.0220 e. The van der Waals surface area contributed by atoms with E-state index >= 15 is 0 Å². The van der Waals surface area contributed by atoms with Crippen LogP contribution in [0.15, 0.2) is 0 Å². The van der Waals surface area contributed by atoms with Gasteiger partial charge < -0.3 is 10.2 Å². The van der Waals surface area contributed by atoms with Gasteiger partial charge in [-0.3, -0.25) is 4.90 Å². The number of rotatable bonds is 8. The Morgan fingerprint density at radius 3 is 2.29 bits per heavy atom. The molecular formula is C18H37N3. The van der Waals surface area contributed by atoms with Crippen LogP contribution < -0.4 is 5.32 Å². The van der Waals surface area contributed by atoms with Gasteiger partial charge in [0.15, 0.2) is 0 Å².